The SMILES string of the molecule is CC1(C)CC2(c3ccccc3Oc3cccc(Br)c32)c2ccccc21. The number of benzene rings is 3. The van der Waals surface area contributed by atoms with Crippen LogP contribution in [0.25, 0.3) is 0 Å². The molecule has 1 heterocycles. The van der Waals surface area contributed by atoms with Gasteiger partial charge in [0.1, 0.15) is 11.5 Å². The summed E-state index contributed by atoms with van der Waals surface area (Å²) in [5, 5.41) is 0. The van der Waals surface area contributed by atoms with Crippen molar-refractivity contribution in [2.75, 3.05) is 0 Å². The van der Waals surface area contributed by atoms with Crippen LogP contribution in [0.4, 0.5) is 0 Å². The summed E-state index contributed by atoms with van der Waals surface area (Å²) in [6.45, 7) is 4.71. The van der Waals surface area contributed by atoms with Gasteiger partial charge in [-0.05, 0) is 41.2 Å². The van der Waals surface area contributed by atoms with Gasteiger partial charge in [-0.2, -0.15) is 0 Å². The summed E-state index contributed by atoms with van der Waals surface area (Å²) in [6.07, 6.45) is 1.04. The summed E-state index contributed by atoms with van der Waals surface area (Å²) in [6, 6.07) is 23.7. The van der Waals surface area contributed by atoms with Crippen LogP contribution in [0.1, 0.15) is 42.5 Å². The van der Waals surface area contributed by atoms with E-state index in [2.05, 4.69) is 96.5 Å². The van der Waals surface area contributed by atoms with Crippen LogP contribution >= 0.6 is 15.9 Å². The molecule has 124 valence electrons. The fraction of sp³-hybridized carbons (Fsp3) is 0.217. The summed E-state index contributed by atoms with van der Waals surface area (Å²) in [5.74, 6) is 1.93. The molecule has 0 radical (unpaired) electrons. The highest BCUT2D eigenvalue weighted by atomic mass is 79.9. The van der Waals surface area contributed by atoms with Gasteiger partial charge in [0.15, 0.2) is 0 Å². The van der Waals surface area contributed by atoms with E-state index in [0.29, 0.717) is 0 Å². The van der Waals surface area contributed by atoms with Crippen LogP contribution in [-0.2, 0) is 10.8 Å². The molecule has 0 amide bonds. The van der Waals surface area contributed by atoms with Gasteiger partial charge in [-0.3, -0.25) is 0 Å². The zero-order valence-corrected chi connectivity index (χ0v) is 15.9. The lowest BCUT2D eigenvalue weighted by Crippen LogP contribution is -2.32. The van der Waals surface area contributed by atoms with Crippen molar-refractivity contribution in [3.05, 3.63) is 93.5 Å². The Hall–Kier alpha value is -2.06. The summed E-state index contributed by atoms with van der Waals surface area (Å²) >= 11 is 3.83. The van der Waals surface area contributed by atoms with Crippen molar-refractivity contribution < 1.29 is 4.74 Å². The summed E-state index contributed by atoms with van der Waals surface area (Å²) in [4.78, 5) is 0. The normalized spacial score (nSPS) is 22.0. The molecule has 0 fully saturated rings. The van der Waals surface area contributed by atoms with Gasteiger partial charge in [-0.1, -0.05) is 78.3 Å². The molecule has 1 atom stereocenters. The Balaban J connectivity index is 1.95. The minimum absolute atomic E-state index is 0.105. The third-order valence-electron chi connectivity index (χ3n) is 5.79. The Morgan fingerprint density at radius 2 is 1.40 bits per heavy atom. The zero-order chi connectivity index (χ0) is 17.2. The molecule has 5 rings (SSSR count). The third-order valence-corrected chi connectivity index (χ3v) is 6.45. The van der Waals surface area contributed by atoms with Crippen molar-refractivity contribution in [1.82, 2.24) is 0 Å². The Kier molecular flexibility index (Phi) is 3.03. The first-order valence-electron chi connectivity index (χ1n) is 8.70. The first kappa shape index (κ1) is 15.2. The summed E-state index contributed by atoms with van der Waals surface area (Å²) in [7, 11) is 0. The van der Waals surface area contributed by atoms with Gasteiger partial charge in [-0.15, -0.1) is 0 Å². The smallest absolute Gasteiger partial charge is 0.133 e. The summed E-state index contributed by atoms with van der Waals surface area (Å²) in [5.41, 5.74) is 5.30. The van der Waals surface area contributed by atoms with Crippen LogP contribution in [0.15, 0.2) is 71.2 Å². The predicted molar refractivity (Wildman–Crippen MR) is 105 cm³/mol. The van der Waals surface area contributed by atoms with Gasteiger partial charge in [0, 0.05) is 15.6 Å². The maximum absolute atomic E-state index is 6.30. The Bertz CT molecular complexity index is 1000. The minimum atomic E-state index is -0.176. The van der Waals surface area contributed by atoms with Crippen LogP contribution < -0.4 is 4.74 Å². The number of halogens is 1. The second-order valence-electron chi connectivity index (χ2n) is 7.72. The van der Waals surface area contributed by atoms with Crippen LogP contribution in [-0.4, -0.2) is 0 Å². The van der Waals surface area contributed by atoms with E-state index in [1.807, 2.05) is 0 Å². The van der Waals surface area contributed by atoms with Gasteiger partial charge in [0.05, 0.1) is 5.41 Å². The highest BCUT2D eigenvalue weighted by molar-refractivity contribution is 9.10. The summed E-state index contributed by atoms with van der Waals surface area (Å²) < 4.78 is 7.42. The van der Waals surface area contributed by atoms with Crippen molar-refractivity contribution >= 4 is 15.9 Å². The number of para-hydroxylation sites is 1. The molecular formula is C23H19BrO. The second-order valence-corrected chi connectivity index (χ2v) is 8.58. The van der Waals surface area contributed by atoms with E-state index in [9.17, 15) is 0 Å². The van der Waals surface area contributed by atoms with Gasteiger partial charge in [-0.25, -0.2) is 0 Å². The van der Waals surface area contributed by atoms with Crippen LogP contribution in [0.2, 0.25) is 0 Å². The number of hydrogen-bond donors (Lipinski definition) is 0. The highest BCUT2D eigenvalue weighted by Crippen LogP contribution is 2.63. The average Bonchev–Trinajstić information content (AvgIpc) is 2.84. The maximum Gasteiger partial charge on any atom is 0.133 e. The van der Waals surface area contributed by atoms with Crippen molar-refractivity contribution in [3.63, 3.8) is 0 Å². The molecule has 1 aliphatic carbocycles. The van der Waals surface area contributed by atoms with Crippen LogP contribution in [0, 0.1) is 0 Å². The molecule has 1 aliphatic heterocycles. The second kappa shape index (κ2) is 4.98. The molecule has 0 saturated carbocycles. The fourth-order valence-electron chi connectivity index (χ4n) is 4.93. The van der Waals surface area contributed by atoms with Crippen LogP contribution in [0.5, 0.6) is 11.5 Å². The molecule has 0 bridgehead atoms. The molecule has 1 nitrogen and oxygen atoms in total. The number of fused-ring (bicyclic) bond motifs is 6. The van der Waals surface area contributed by atoms with Crippen LogP contribution in [0.3, 0.4) is 0 Å². The standard InChI is InChI=1S/C23H19BrO/c1-22(2)14-23(16-9-4-3-8-15(16)22)17-10-5-6-12-19(17)25-20-13-7-11-18(24)21(20)23/h3-13H,14H2,1-2H3. The van der Waals surface area contributed by atoms with Crippen molar-refractivity contribution in [2.45, 2.75) is 31.1 Å². The third kappa shape index (κ3) is 1.89. The average molecular weight is 391 g/mol. The molecule has 0 aromatic heterocycles. The Morgan fingerprint density at radius 1 is 0.760 bits per heavy atom. The zero-order valence-electron chi connectivity index (χ0n) is 14.3. The molecule has 1 unspecified atom stereocenters. The van der Waals surface area contributed by atoms with Crippen molar-refractivity contribution in [3.8, 4) is 11.5 Å². The Morgan fingerprint density at radius 3 is 2.20 bits per heavy atom. The molecular weight excluding hydrogens is 372 g/mol. The molecule has 1 spiro atoms. The number of rotatable bonds is 0. The maximum atomic E-state index is 6.30. The molecule has 3 aromatic carbocycles. The van der Waals surface area contributed by atoms with Crippen molar-refractivity contribution in [2.24, 2.45) is 0 Å². The van der Waals surface area contributed by atoms with E-state index < -0.39 is 0 Å². The molecule has 0 saturated heterocycles. The lowest BCUT2D eigenvalue weighted by Gasteiger charge is -2.40. The number of hydrogen-bond acceptors (Lipinski definition) is 1. The molecule has 0 N–H and O–H groups in total. The van der Waals surface area contributed by atoms with E-state index >= 15 is 0 Å². The van der Waals surface area contributed by atoms with E-state index in [1.165, 1.54) is 22.3 Å². The number of ether oxygens (including phenoxy) is 1. The largest absolute Gasteiger partial charge is 0.457 e. The van der Waals surface area contributed by atoms with E-state index in [-0.39, 0.29) is 10.8 Å². The van der Waals surface area contributed by atoms with Crippen molar-refractivity contribution in [1.29, 1.82) is 0 Å². The monoisotopic (exact) mass is 390 g/mol. The lowest BCUT2D eigenvalue weighted by molar-refractivity contribution is 0.381. The first-order chi connectivity index (χ1) is 12.0. The molecule has 25 heavy (non-hydrogen) atoms. The minimum Gasteiger partial charge on any atom is -0.457 e. The van der Waals surface area contributed by atoms with Gasteiger partial charge >= 0.3 is 0 Å². The lowest BCUT2D eigenvalue weighted by atomic mass is 9.67. The predicted octanol–water partition coefficient (Wildman–Crippen LogP) is 6.57. The van der Waals surface area contributed by atoms with Gasteiger partial charge in [0.2, 0.25) is 0 Å². The highest BCUT2D eigenvalue weighted by Gasteiger charge is 2.54. The van der Waals surface area contributed by atoms with E-state index in [0.717, 1.165) is 22.4 Å². The topological polar surface area (TPSA) is 9.23 Å². The molecule has 2 aliphatic rings. The first-order valence-corrected chi connectivity index (χ1v) is 9.50. The molecule has 2 heteroatoms. The van der Waals surface area contributed by atoms with Gasteiger partial charge < -0.3 is 4.74 Å². The Labute approximate surface area is 156 Å². The molecule has 3 aromatic rings. The van der Waals surface area contributed by atoms with E-state index in [4.69, 9.17) is 4.74 Å². The van der Waals surface area contributed by atoms with E-state index in [1.54, 1.807) is 0 Å². The fourth-order valence-corrected chi connectivity index (χ4v) is 5.61. The quantitative estimate of drug-likeness (QED) is 0.421. The van der Waals surface area contributed by atoms with Gasteiger partial charge in [0.25, 0.3) is 0 Å².